The number of carbonyl (C=O) groups excluding carboxylic acids is 1. The highest BCUT2D eigenvalue weighted by Crippen LogP contribution is 2.26. The fourth-order valence-electron chi connectivity index (χ4n) is 2.34. The van der Waals surface area contributed by atoms with Gasteiger partial charge in [0, 0.05) is 26.5 Å². The number of rotatable bonds is 6. The molecule has 0 spiro atoms. The van der Waals surface area contributed by atoms with Crippen LogP contribution >= 0.6 is 24.0 Å². The van der Waals surface area contributed by atoms with Crippen molar-refractivity contribution in [3.8, 4) is 0 Å². The number of nitrogens with zero attached hydrogens (tertiary/aromatic N) is 2. The molecule has 0 saturated carbocycles. The second kappa shape index (κ2) is 7.77. The van der Waals surface area contributed by atoms with Crippen molar-refractivity contribution in [2.75, 3.05) is 25.6 Å². The predicted molar refractivity (Wildman–Crippen MR) is 103 cm³/mol. The van der Waals surface area contributed by atoms with Crippen LogP contribution in [0.15, 0.2) is 34.1 Å². The molecule has 1 fully saturated rings. The fraction of sp³-hybridized carbons (Fsp3) is 0.250. The summed E-state index contributed by atoms with van der Waals surface area (Å²) < 4.78 is 6.85. The van der Waals surface area contributed by atoms with E-state index < -0.39 is 0 Å². The Hall–Kier alpha value is -2.23. The maximum atomic E-state index is 12.9. The Morgan fingerprint density at radius 3 is 3.00 bits per heavy atom. The summed E-state index contributed by atoms with van der Waals surface area (Å²) in [6.45, 7) is 1.19. The Kier molecular flexibility index (Phi) is 5.47. The molecule has 0 aliphatic carbocycles. The van der Waals surface area contributed by atoms with E-state index in [0.717, 1.165) is 18.2 Å². The van der Waals surface area contributed by atoms with Gasteiger partial charge in [0.1, 0.15) is 15.8 Å². The molecular formula is C16H16N4O3S2. The highest BCUT2D eigenvalue weighted by molar-refractivity contribution is 8.26. The molecule has 1 aliphatic heterocycles. The van der Waals surface area contributed by atoms with Gasteiger partial charge in [0.2, 0.25) is 0 Å². The van der Waals surface area contributed by atoms with Gasteiger partial charge in [-0.25, -0.2) is 4.98 Å². The topological polar surface area (TPSA) is 84.7 Å². The Labute approximate surface area is 153 Å². The number of aromatic nitrogens is 2. The van der Waals surface area contributed by atoms with Gasteiger partial charge >= 0.3 is 0 Å². The zero-order valence-corrected chi connectivity index (χ0v) is 15.1. The molecule has 25 heavy (non-hydrogen) atoms. The number of thiocarbonyl (C=S) groups is 1. The Bertz CT molecular complexity index is 923. The normalized spacial score (nSPS) is 15.8. The van der Waals surface area contributed by atoms with Crippen molar-refractivity contribution in [3.05, 3.63) is 45.2 Å². The molecule has 3 heterocycles. The van der Waals surface area contributed by atoms with E-state index in [1.165, 1.54) is 10.5 Å². The molecule has 1 aliphatic rings. The quantitative estimate of drug-likeness (QED) is 0.450. The Morgan fingerprint density at radius 1 is 1.44 bits per heavy atom. The number of hydrogen-bond acceptors (Lipinski definition) is 7. The summed E-state index contributed by atoms with van der Waals surface area (Å²) in [6, 6.07) is 5.32. The van der Waals surface area contributed by atoms with Gasteiger partial charge in [-0.05, 0) is 24.6 Å². The molecule has 1 saturated heterocycles. The molecule has 130 valence electrons. The number of ether oxygens (including phenoxy) is 1. The molecule has 9 heteroatoms. The third-order valence-corrected chi connectivity index (χ3v) is 4.67. The van der Waals surface area contributed by atoms with E-state index in [4.69, 9.17) is 17.0 Å². The Balaban J connectivity index is 2.05. The summed E-state index contributed by atoms with van der Waals surface area (Å²) in [6.07, 6.45) is 3.95. The number of amides is 1. The van der Waals surface area contributed by atoms with Crippen molar-refractivity contribution >= 4 is 51.7 Å². The smallest absolute Gasteiger partial charge is 0.267 e. The first-order valence-electron chi connectivity index (χ1n) is 7.59. The summed E-state index contributed by atoms with van der Waals surface area (Å²) in [4.78, 5) is 29.7. The van der Waals surface area contributed by atoms with Gasteiger partial charge in [0.15, 0.2) is 0 Å². The first-order valence-corrected chi connectivity index (χ1v) is 8.81. The molecule has 0 bridgehead atoms. The van der Waals surface area contributed by atoms with Crippen LogP contribution in [0, 0.1) is 0 Å². The molecule has 7 nitrogen and oxygen atoms in total. The number of fused-ring (bicyclic) bond motifs is 1. The summed E-state index contributed by atoms with van der Waals surface area (Å²) in [5, 5.41) is 5.70. The number of methoxy groups -OCH3 is 1. The zero-order valence-electron chi connectivity index (χ0n) is 13.4. The van der Waals surface area contributed by atoms with E-state index in [-0.39, 0.29) is 11.5 Å². The van der Waals surface area contributed by atoms with E-state index in [2.05, 4.69) is 15.6 Å². The average Bonchev–Trinajstić information content (AvgIpc) is 2.92. The highest BCUT2D eigenvalue weighted by atomic mass is 32.2. The number of thioether (sulfide) groups is 1. The van der Waals surface area contributed by atoms with Gasteiger partial charge < -0.3 is 15.4 Å². The number of carbonyl (C=O) groups is 1. The predicted octanol–water partition coefficient (Wildman–Crippen LogP) is 1.63. The van der Waals surface area contributed by atoms with Crippen molar-refractivity contribution in [1.29, 1.82) is 0 Å². The molecule has 0 aromatic carbocycles. The molecule has 1 amide bonds. The van der Waals surface area contributed by atoms with Crippen LogP contribution in [0.25, 0.3) is 11.7 Å². The summed E-state index contributed by atoms with van der Waals surface area (Å²) in [5.41, 5.74) is 0.602. The monoisotopic (exact) mass is 376 g/mol. The first kappa shape index (κ1) is 17.6. The van der Waals surface area contributed by atoms with Gasteiger partial charge in [-0.1, -0.05) is 30.0 Å². The minimum Gasteiger partial charge on any atom is -0.385 e. The van der Waals surface area contributed by atoms with E-state index in [0.29, 0.717) is 39.4 Å². The van der Waals surface area contributed by atoms with E-state index >= 15 is 0 Å². The van der Waals surface area contributed by atoms with E-state index in [1.54, 1.807) is 25.4 Å². The molecule has 0 unspecified atom stereocenters. The molecule has 0 atom stereocenters. The number of anilines is 1. The SMILES string of the molecule is COCCCNc1nc2ccccn2c(=O)c1C=C1SC(=S)NC1=O. The second-order valence-corrected chi connectivity index (χ2v) is 6.95. The number of nitrogens with one attached hydrogen (secondary N) is 2. The van der Waals surface area contributed by atoms with Crippen LogP contribution in [0.3, 0.4) is 0 Å². The standard InChI is InChI=1S/C16H16N4O3S2/c1-23-8-4-6-17-13-10(9-11-14(21)19-16(24)25-11)15(22)20-7-3-2-5-12(20)18-13/h2-3,5,7,9,17H,4,6,8H2,1H3,(H,19,21,24). The first-order chi connectivity index (χ1) is 12.1. The molecule has 3 rings (SSSR count). The third kappa shape index (κ3) is 3.89. The molecular weight excluding hydrogens is 360 g/mol. The van der Waals surface area contributed by atoms with Crippen LogP contribution in [0.4, 0.5) is 5.82 Å². The minimum atomic E-state index is -0.308. The van der Waals surface area contributed by atoms with Crippen molar-refractivity contribution in [3.63, 3.8) is 0 Å². The van der Waals surface area contributed by atoms with Gasteiger partial charge in [0.25, 0.3) is 11.5 Å². The van der Waals surface area contributed by atoms with Crippen molar-refractivity contribution in [2.45, 2.75) is 6.42 Å². The Morgan fingerprint density at radius 2 is 2.28 bits per heavy atom. The largest absolute Gasteiger partial charge is 0.385 e. The van der Waals surface area contributed by atoms with Gasteiger partial charge in [0.05, 0.1) is 10.5 Å². The van der Waals surface area contributed by atoms with Crippen LogP contribution in [-0.4, -0.2) is 39.9 Å². The highest BCUT2D eigenvalue weighted by Gasteiger charge is 2.23. The minimum absolute atomic E-state index is 0.251. The average molecular weight is 376 g/mol. The lowest BCUT2D eigenvalue weighted by molar-refractivity contribution is -0.115. The van der Waals surface area contributed by atoms with Crippen molar-refractivity contribution in [2.24, 2.45) is 0 Å². The summed E-state index contributed by atoms with van der Waals surface area (Å²) >= 11 is 6.12. The molecule has 2 aromatic rings. The van der Waals surface area contributed by atoms with Crippen molar-refractivity contribution < 1.29 is 9.53 Å². The summed E-state index contributed by atoms with van der Waals surface area (Å²) in [7, 11) is 1.63. The van der Waals surface area contributed by atoms with Gasteiger partial charge in [-0.3, -0.25) is 14.0 Å². The lowest BCUT2D eigenvalue weighted by atomic mass is 10.2. The lowest BCUT2D eigenvalue weighted by Gasteiger charge is -2.10. The van der Waals surface area contributed by atoms with Gasteiger partial charge in [-0.15, -0.1) is 0 Å². The lowest BCUT2D eigenvalue weighted by Crippen LogP contribution is -2.22. The fourth-order valence-corrected chi connectivity index (χ4v) is 3.37. The van der Waals surface area contributed by atoms with Crippen LogP contribution < -0.4 is 16.2 Å². The van der Waals surface area contributed by atoms with Crippen LogP contribution in [-0.2, 0) is 9.53 Å². The van der Waals surface area contributed by atoms with Gasteiger partial charge in [-0.2, -0.15) is 0 Å². The molecule has 0 radical (unpaired) electrons. The maximum absolute atomic E-state index is 12.9. The van der Waals surface area contributed by atoms with Crippen molar-refractivity contribution in [1.82, 2.24) is 14.7 Å². The third-order valence-electron chi connectivity index (χ3n) is 3.50. The van der Waals surface area contributed by atoms with Crippen LogP contribution in [0.2, 0.25) is 0 Å². The maximum Gasteiger partial charge on any atom is 0.267 e. The number of pyridine rings is 1. The second-order valence-electron chi connectivity index (χ2n) is 5.23. The summed E-state index contributed by atoms with van der Waals surface area (Å²) in [5.74, 6) is 0.129. The van der Waals surface area contributed by atoms with E-state index in [1.807, 2.05) is 6.07 Å². The van der Waals surface area contributed by atoms with E-state index in [9.17, 15) is 9.59 Å². The zero-order chi connectivity index (χ0) is 17.8. The van der Waals surface area contributed by atoms with Crippen LogP contribution in [0.1, 0.15) is 12.0 Å². The number of hydrogen-bond donors (Lipinski definition) is 2. The molecule has 2 N–H and O–H groups in total. The molecule has 2 aromatic heterocycles. The van der Waals surface area contributed by atoms with Crippen LogP contribution in [0.5, 0.6) is 0 Å².